The quantitative estimate of drug-likeness (QED) is 0.135. The summed E-state index contributed by atoms with van der Waals surface area (Å²) in [5.74, 6) is -4.82. The van der Waals surface area contributed by atoms with Crippen molar-refractivity contribution in [3.63, 3.8) is 0 Å². The Balaban J connectivity index is 4.67. The van der Waals surface area contributed by atoms with Gasteiger partial charge in [-0.05, 0) is 0 Å². The Morgan fingerprint density at radius 2 is 0.714 bits per heavy atom. The van der Waals surface area contributed by atoms with Gasteiger partial charge in [-0.2, -0.15) is 10.1 Å². The van der Waals surface area contributed by atoms with Gasteiger partial charge in [-0.25, -0.2) is 0 Å². The molecular formula is C14H26N4O10. The van der Waals surface area contributed by atoms with E-state index in [2.05, 4.69) is 0 Å². The van der Waals surface area contributed by atoms with Crippen LogP contribution < -0.4 is 0 Å². The largest absolute Gasteiger partial charge is 0.480 e. The summed E-state index contributed by atoms with van der Waals surface area (Å²) in [6.45, 7) is -2.16. The van der Waals surface area contributed by atoms with Crippen LogP contribution in [0.1, 0.15) is 0 Å². The van der Waals surface area contributed by atoms with E-state index in [1.807, 2.05) is 0 Å². The van der Waals surface area contributed by atoms with Crippen LogP contribution >= 0.6 is 0 Å². The molecule has 0 heterocycles. The number of carbonyl (C=O) groups is 4. The minimum atomic E-state index is -1.25. The maximum atomic E-state index is 11.0. The number of carboxylic acids is 4. The molecule has 0 aromatic carbocycles. The van der Waals surface area contributed by atoms with Gasteiger partial charge in [0.25, 0.3) is 0 Å². The summed E-state index contributed by atoms with van der Waals surface area (Å²) in [6.07, 6.45) is 0. The molecule has 0 aromatic heterocycles. The van der Waals surface area contributed by atoms with Crippen LogP contribution in [-0.2, 0) is 19.2 Å². The summed E-state index contributed by atoms with van der Waals surface area (Å²) >= 11 is 0. The number of carboxylic acid groups (broad SMARTS) is 4. The minimum absolute atomic E-state index is 0.0160. The van der Waals surface area contributed by atoms with E-state index in [1.165, 1.54) is 9.80 Å². The van der Waals surface area contributed by atoms with E-state index in [0.717, 1.165) is 0 Å². The van der Waals surface area contributed by atoms with Crippen molar-refractivity contribution in [3.05, 3.63) is 0 Å². The van der Waals surface area contributed by atoms with Gasteiger partial charge < -0.3 is 30.8 Å². The molecule has 0 rings (SSSR count). The molecule has 14 nitrogen and oxygen atoms in total. The van der Waals surface area contributed by atoms with Crippen LogP contribution in [0.15, 0.2) is 0 Å². The predicted molar refractivity (Wildman–Crippen MR) is 90.1 cm³/mol. The highest BCUT2D eigenvalue weighted by molar-refractivity contribution is 5.70. The fraction of sp³-hybridized carbons (Fsp3) is 0.714. The lowest BCUT2D eigenvalue weighted by molar-refractivity contribution is -0.155. The molecule has 0 atom stereocenters. The average Bonchev–Trinajstić information content (AvgIpc) is 2.52. The van der Waals surface area contributed by atoms with Crippen molar-refractivity contribution in [2.75, 3.05) is 65.4 Å². The van der Waals surface area contributed by atoms with E-state index < -0.39 is 50.1 Å². The molecule has 0 unspecified atom stereocenters. The van der Waals surface area contributed by atoms with Crippen molar-refractivity contribution in [1.82, 2.24) is 19.9 Å². The Morgan fingerprint density at radius 3 is 0.964 bits per heavy atom. The molecule has 0 fully saturated rings. The third-order valence-electron chi connectivity index (χ3n) is 3.43. The summed E-state index contributed by atoms with van der Waals surface area (Å²) in [5.41, 5.74) is 0. The summed E-state index contributed by atoms with van der Waals surface area (Å²) in [5, 5.41) is 54.9. The molecule has 0 radical (unpaired) electrons. The number of hydroxylamine groups is 4. The first-order chi connectivity index (χ1) is 13.0. The molecular weight excluding hydrogens is 384 g/mol. The first-order valence-electron chi connectivity index (χ1n) is 8.19. The Morgan fingerprint density at radius 1 is 0.464 bits per heavy atom. The van der Waals surface area contributed by atoms with E-state index in [-0.39, 0.29) is 39.3 Å². The third-order valence-corrected chi connectivity index (χ3v) is 3.43. The van der Waals surface area contributed by atoms with Gasteiger partial charge in [0.1, 0.15) is 13.1 Å². The second-order valence-electron chi connectivity index (χ2n) is 5.90. The van der Waals surface area contributed by atoms with Gasteiger partial charge in [-0.3, -0.25) is 29.0 Å². The highest BCUT2D eigenvalue weighted by atomic mass is 16.5. The summed E-state index contributed by atoms with van der Waals surface area (Å²) in [7, 11) is 0. The summed E-state index contributed by atoms with van der Waals surface area (Å²) in [4.78, 5) is 45.7. The molecule has 14 heteroatoms. The zero-order valence-electron chi connectivity index (χ0n) is 15.2. The standard InChI is InChI=1S/C14H26N4O10/c19-11(20)7-15(3-5-17(27)9-13(23)24)1-2-16(8-12(21)22)4-6-18(28)10-14(25)26/h27-28H,1-10H2,(H,19,20)(H,21,22)(H,23,24)(H,25,26). The maximum Gasteiger partial charge on any atom is 0.320 e. The lowest BCUT2D eigenvalue weighted by atomic mass is 10.3. The van der Waals surface area contributed by atoms with E-state index in [9.17, 15) is 29.6 Å². The monoisotopic (exact) mass is 410 g/mol. The zero-order chi connectivity index (χ0) is 21.7. The highest BCUT2D eigenvalue weighted by Crippen LogP contribution is 1.96. The minimum Gasteiger partial charge on any atom is -0.480 e. The molecule has 0 aliphatic rings. The van der Waals surface area contributed by atoms with Gasteiger partial charge in [0.15, 0.2) is 0 Å². The topological polar surface area (TPSA) is 203 Å². The number of hydrogen-bond acceptors (Lipinski definition) is 10. The fourth-order valence-electron chi connectivity index (χ4n) is 2.19. The molecule has 0 saturated carbocycles. The molecule has 28 heavy (non-hydrogen) atoms. The van der Waals surface area contributed by atoms with Crippen LogP contribution in [0, 0.1) is 0 Å². The normalized spacial score (nSPS) is 11.5. The van der Waals surface area contributed by atoms with Gasteiger partial charge in [-0.1, -0.05) is 0 Å². The number of nitrogens with zero attached hydrogens (tertiary/aromatic N) is 4. The first kappa shape index (κ1) is 25.6. The predicted octanol–water partition coefficient (Wildman–Crippen LogP) is -2.69. The van der Waals surface area contributed by atoms with Gasteiger partial charge in [0.2, 0.25) is 0 Å². The SMILES string of the molecule is O=C(O)CN(O)CCN(CCN(CCN(O)CC(=O)O)CC(=O)O)CC(=O)O. The molecule has 0 spiro atoms. The van der Waals surface area contributed by atoms with Crippen LogP contribution in [0.5, 0.6) is 0 Å². The van der Waals surface area contributed by atoms with E-state index in [1.54, 1.807) is 0 Å². The molecule has 0 saturated heterocycles. The Labute approximate surface area is 160 Å². The Bertz CT molecular complexity index is 486. The van der Waals surface area contributed by atoms with Crippen LogP contribution in [-0.4, -0.2) is 140 Å². The second-order valence-corrected chi connectivity index (χ2v) is 5.90. The van der Waals surface area contributed by atoms with Crippen LogP contribution in [0.3, 0.4) is 0 Å². The van der Waals surface area contributed by atoms with Gasteiger partial charge in [0.05, 0.1) is 13.1 Å². The molecule has 6 N–H and O–H groups in total. The van der Waals surface area contributed by atoms with Crippen molar-refractivity contribution in [2.24, 2.45) is 0 Å². The first-order valence-corrected chi connectivity index (χ1v) is 8.19. The zero-order valence-corrected chi connectivity index (χ0v) is 15.2. The van der Waals surface area contributed by atoms with Gasteiger partial charge >= 0.3 is 23.9 Å². The summed E-state index contributed by atoms with van der Waals surface area (Å²) in [6, 6.07) is 0. The molecule has 0 bridgehead atoms. The van der Waals surface area contributed by atoms with Gasteiger partial charge in [0, 0.05) is 39.3 Å². The van der Waals surface area contributed by atoms with Crippen molar-refractivity contribution < 1.29 is 50.0 Å². The van der Waals surface area contributed by atoms with Crippen LogP contribution in [0.2, 0.25) is 0 Å². The highest BCUT2D eigenvalue weighted by Gasteiger charge is 2.17. The molecule has 0 aliphatic heterocycles. The molecule has 0 aromatic rings. The number of hydrogen-bond donors (Lipinski definition) is 6. The smallest absolute Gasteiger partial charge is 0.320 e. The average molecular weight is 410 g/mol. The fourth-order valence-corrected chi connectivity index (χ4v) is 2.19. The molecule has 0 amide bonds. The van der Waals surface area contributed by atoms with E-state index in [0.29, 0.717) is 10.1 Å². The Kier molecular flexibility index (Phi) is 12.6. The maximum absolute atomic E-state index is 11.0. The van der Waals surface area contributed by atoms with Crippen LogP contribution in [0.4, 0.5) is 0 Å². The number of aliphatic carboxylic acids is 4. The molecule has 162 valence electrons. The lowest BCUT2D eigenvalue weighted by Gasteiger charge is -2.27. The number of rotatable bonds is 17. The van der Waals surface area contributed by atoms with E-state index in [4.69, 9.17) is 20.4 Å². The molecule has 0 aliphatic carbocycles. The van der Waals surface area contributed by atoms with Crippen molar-refractivity contribution in [3.8, 4) is 0 Å². The lowest BCUT2D eigenvalue weighted by Crippen LogP contribution is -2.45. The second kappa shape index (κ2) is 13.8. The summed E-state index contributed by atoms with van der Waals surface area (Å²) < 4.78 is 0. The Hall–Kier alpha value is -2.36. The van der Waals surface area contributed by atoms with Crippen LogP contribution in [0.25, 0.3) is 0 Å². The van der Waals surface area contributed by atoms with Crippen molar-refractivity contribution in [2.45, 2.75) is 0 Å². The van der Waals surface area contributed by atoms with Crippen molar-refractivity contribution >= 4 is 23.9 Å². The third kappa shape index (κ3) is 14.8. The van der Waals surface area contributed by atoms with Crippen molar-refractivity contribution in [1.29, 1.82) is 0 Å². The van der Waals surface area contributed by atoms with Gasteiger partial charge in [-0.15, -0.1) is 0 Å². The van der Waals surface area contributed by atoms with E-state index >= 15 is 0 Å².